The maximum absolute atomic E-state index is 8.71. The van der Waals surface area contributed by atoms with E-state index in [1.165, 1.54) is 0 Å². The van der Waals surface area contributed by atoms with Crippen LogP contribution in [0.15, 0.2) is 24.3 Å². The van der Waals surface area contributed by atoms with Gasteiger partial charge in [-0.15, -0.1) is 0 Å². The Morgan fingerprint density at radius 3 is 2.93 bits per heavy atom. The first-order chi connectivity index (χ1) is 7.29. The highest BCUT2D eigenvalue weighted by Gasteiger charge is 2.05. The SMILES string of the molecule is N#Cc1cccc(Nc2nsnc2Cl)c1. The molecule has 0 saturated carbocycles. The van der Waals surface area contributed by atoms with Gasteiger partial charge in [0.2, 0.25) is 0 Å². The van der Waals surface area contributed by atoms with Crippen LogP contribution < -0.4 is 5.32 Å². The molecule has 0 saturated heterocycles. The number of nitrogens with zero attached hydrogens (tertiary/aromatic N) is 3. The summed E-state index contributed by atoms with van der Waals surface area (Å²) in [4.78, 5) is 0. The van der Waals surface area contributed by atoms with Gasteiger partial charge in [0.1, 0.15) is 0 Å². The van der Waals surface area contributed by atoms with Gasteiger partial charge in [-0.05, 0) is 18.2 Å². The van der Waals surface area contributed by atoms with E-state index in [-0.39, 0.29) is 0 Å². The largest absolute Gasteiger partial charge is 0.337 e. The molecule has 0 atom stereocenters. The van der Waals surface area contributed by atoms with Crippen molar-refractivity contribution in [2.24, 2.45) is 0 Å². The Morgan fingerprint density at radius 2 is 2.27 bits per heavy atom. The van der Waals surface area contributed by atoms with Gasteiger partial charge in [0, 0.05) is 5.69 Å². The fraction of sp³-hybridized carbons (Fsp3) is 0. The maximum Gasteiger partial charge on any atom is 0.187 e. The smallest absolute Gasteiger partial charge is 0.187 e. The molecule has 0 aliphatic carbocycles. The van der Waals surface area contributed by atoms with Gasteiger partial charge in [-0.3, -0.25) is 0 Å². The van der Waals surface area contributed by atoms with Crippen molar-refractivity contribution in [2.75, 3.05) is 5.32 Å². The number of nitrogens with one attached hydrogen (secondary N) is 1. The molecule has 2 aromatic rings. The predicted octanol–water partition coefficient (Wildman–Crippen LogP) is 2.81. The second-order valence-electron chi connectivity index (χ2n) is 2.72. The minimum atomic E-state index is 0.336. The van der Waals surface area contributed by atoms with E-state index >= 15 is 0 Å². The Hall–Kier alpha value is -1.64. The van der Waals surface area contributed by atoms with Gasteiger partial charge in [0.25, 0.3) is 0 Å². The summed E-state index contributed by atoms with van der Waals surface area (Å²) in [5, 5.41) is 12.0. The lowest BCUT2D eigenvalue weighted by molar-refractivity contribution is 1.43. The number of anilines is 2. The molecule has 0 aliphatic heterocycles. The summed E-state index contributed by atoms with van der Waals surface area (Å²) in [6.07, 6.45) is 0. The summed E-state index contributed by atoms with van der Waals surface area (Å²) in [5.74, 6) is 0.511. The molecule has 2 rings (SSSR count). The lowest BCUT2D eigenvalue weighted by Crippen LogP contribution is -1.91. The zero-order valence-corrected chi connectivity index (χ0v) is 9.01. The average Bonchev–Trinajstić information content (AvgIpc) is 2.65. The summed E-state index contributed by atoms with van der Waals surface area (Å²) < 4.78 is 7.79. The number of hydrogen-bond donors (Lipinski definition) is 1. The molecule has 0 unspecified atom stereocenters. The van der Waals surface area contributed by atoms with Crippen LogP contribution >= 0.6 is 23.3 Å². The Bertz CT molecular complexity index is 517. The van der Waals surface area contributed by atoms with E-state index in [9.17, 15) is 0 Å². The van der Waals surface area contributed by atoms with Crippen molar-refractivity contribution < 1.29 is 0 Å². The van der Waals surface area contributed by atoms with Gasteiger partial charge in [0.15, 0.2) is 11.0 Å². The van der Waals surface area contributed by atoms with Gasteiger partial charge in [0.05, 0.1) is 23.4 Å². The fourth-order valence-electron chi connectivity index (χ4n) is 1.06. The van der Waals surface area contributed by atoms with Crippen LogP contribution in [0.1, 0.15) is 5.56 Å². The molecule has 1 N–H and O–H groups in total. The molecule has 0 bridgehead atoms. The number of halogens is 1. The van der Waals surface area contributed by atoms with Crippen molar-refractivity contribution in [2.45, 2.75) is 0 Å². The second kappa shape index (κ2) is 4.26. The first kappa shape index (κ1) is 9.90. The first-order valence-corrected chi connectivity index (χ1v) is 5.15. The fourth-order valence-corrected chi connectivity index (χ4v) is 1.70. The number of hydrogen-bond acceptors (Lipinski definition) is 5. The molecular formula is C9H5ClN4S. The highest BCUT2D eigenvalue weighted by atomic mass is 35.5. The Labute approximate surface area is 95.5 Å². The van der Waals surface area contributed by atoms with E-state index in [1.807, 2.05) is 6.07 Å². The molecule has 0 amide bonds. The highest BCUT2D eigenvalue weighted by Crippen LogP contribution is 2.22. The summed E-state index contributed by atoms with van der Waals surface area (Å²) >= 11 is 6.81. The lowest BCUT2D eigenvalue weighted by atomic mass is 10.2. The topological polar surface area (TPSA) is 61.6 Å². The van der Waals surface area contributed by atoms with Crippen molar-refractivity contribution in [3.63, 3.8) is 0 Å². The van der Waals surface area contributed by atoms with Gasteiger partial charge in [-0.25, -0.2) is 0 Å². The molecule has 0 fully saturated rings. The monoisotopic (exact) mass is 236 g/mol. The third kappa shape index (κ3) is 2.24. The molecular weight excluding hydrogens is 232 g/mol. The highest BCUT2D eigenvalue weighted by molar-refractivity contribution is 6.99. The summed E-state index contributed by atoms with van der Waals surface area (Å²) in [7, 11) is 0. The molecule has 6 heteroatoms. The van der Waals surface area contributed by atoms with Crippen LogP contribution in [-0.2, 0) is 0 Å². The molecule has 0 radical (unpaired) electrons. The minimum absolute atomic E-state index is 0.336. The third-order valence-electron chi connectivity index (χ3n) is 1.70. The summed E-state index contributed by atoms with van der Waals surface area (Å²) in [6.45, 7) is 0. The molecule has 0 aliphatic rings. The predicted molar refractivity (Wildman–Crippen MR) is 59.4 cm³/mol. The van der Waals surface area contributed by atoms with E-state index in [4.69, 9.17) is 16.9 Å². The molecule has 74 valence electrons. The molecule has 1 aromatic heterocycles. The van der Waals surface area contributed by atoms with E-state index < -0.39 is 0 Å². The van der Waals surface area contributed by atoms with Gasteiger partial charge < -0.3 is 5.32 Å². The number of rotatable bonds is 2. The number of benzene rings is 1. The Balaban J connectivity index is 2.25. The zero-order chi connectivity index (χ0) is 10.7. The van der Waals surface area contributed by atoms with Gasteiger partial charge in [-0.2, -0.15) is 14.0 Å². The maximum atomic E-state index is 8.71. The summed E-state index contributed by atoms with van der Waals surface area (Å²) in [6, 6.07) is 9.12. The van der Waals surface area contributed by atoms with Crippen LogP contribution in [0.5, 0.6) is 0 Å². The molecule has 4 nitrogen and oxygen atoms in total. The third-order valence-corrected chi connectivity index (χ3v) is 2.60. The van der Waals surface area contributed by atoms with Crippen LogP contribution in [0.25, 0.3) is 0 Å². The van der Waals surface area contributed by atoms with Crippen molar-refractivity contribution in [1.29, 1.82) is 5.26 Å². The number of nitriles is 1. The van der Waals surface area contributed by atoms with Crippen molar-refractivity contribution >= 4 is 34.8 Å². The average molecular weight is 237 g/mol. The van der Waals surface area contributed by atoms with E-state index in [0.717, 1.165) is 17.4 Å². The van der Waals surface area contributed by atoms with Crippen molar-refractivity contribution in [3.05, 3.63) is 35.0 Å². The molecule has 15 heavy (non-hydrogen) atoms. The van der Waals surface area contributed by atoms with Crippen LogP contribution in [0.3, 0.4) is 0 Å². The lowest BCUT2D eigenvalue weighted by Gasteiger charge is -2.02. The van der Waals surface area contributed by atoms with Crippen LogP contribution in [-0.4, -0.2) is 8.75 Å². The standard InChI is InChI=1S/C9H5ClN4S/c10-8-9(14-15-13-8)12-7-3-1-2-6(4-7)5-11/h1-4H,(H,12,14). The van der Waals surface area contributed by atoms with Crippen LogP contribution in [0.2, 0.25) is 5.15 Å². The van der Waals surface area contributed by atoms with Crippen molar-refractivity contribution in [1.82, 2.24) is 8.75 Å². The Kier molecular flexibility index (Phi) is 2.81. The number of aromatic nitrogens is 2. The normalized spacial score (nSPS) is 9.60. The second-order valence-corrected chi connectivity index (χ2v) is 3.61. The van der Waals surface area contributed by atoms with E-state index in [0.29, 0.717) is 16.5 Å². The van der Waals surface area contributed by atoms with E-state index in [2.05, 4.69) is 20.1 Å². The summed E-state index contributed by atoms with van der Waals surface area (Å²) in [5.41, 5.74) is 1.35. The van der Waals surface area contributed by atoms with Crippen LogP contribution in [0.4, 0.5) is 11.5 Å². The first-order valence-electron chi connectivity index (χ1n) is 4.05. The Morgan fingerprint density at radius 1 is 1.40 bits per heavy atom. The van der Waals surface area contributed by atoms with Crippen molar-refractivity contribution in [3.8, 4) is 6.07 Å². The van der Waals surface area contributed by atoms with E-state index in [1.54, 1.807) is 18.2 Å². The molecule has 1 heterocycles. The van der Waals surface area contributed by atoms with Gasteiger partial charge in [-0.1, -0.05) is 17.7 Å². The zero-order valence-electron chi connectivity index (χ0n) is 7.44. The minimum Gasteiger partial charge on any atom is -0.337 e. The molecule has 1 aromatic carbocycles. The molecule has 0 spiro atoms. The van der Waals surface area contributed by atoms with Gasteiger partial charge >= 0.3 is 0 Å². The quantitative estimate of drug-likeness (QED) is 0.871. The van der Waals surface area contributed by atoms with Crippen LogP contribution in [0, 0.1) is 11.3 Å².